The first-order valence-electron chi connectivity index (χ1n) is 9.89. The lowest BCUT2D eigenvalue weighted by Gasteiger charge is -2.17. The zero-order valence-electron chi connectivity index (χ0n) is 17.3. The number of aryl methyl sites for hydroxylation is 1. The molecule has 0 aliphatic carbocycles. The van der Waals surface area contributed by atoms with Crippen LogP contribution in [0.4, 0.5) is 29.3 Å². The van der Waals surface area contributed by atoms with Crippen LogP contribution in [0.3, 0.4) is 0 Å². The van der Waals surface area contributed by atoms with Crippen molar-refractivity contribution in [1.82, 2.24) is 15.1 Å². The summed E-state index contributed by atoms with van der Waals surface area (Å²) in [5.41, 5.74) is -1.44. The van der Waals surface area contributed by atoms with E-state index in [4.69, 9.17) is 0 Å². The number of para-hydroxylation sites is 1. The Hall–Kier alpha value is -4.15. The van der Waals surface area contributed by atoms with E-state index >= 15 is 0 Å². The fourth-order valence-electron chi connectivity index (χ4n) is 3.48. The number of aromatic nitrogens is 2. The number of hydrogen-bond donors (Lipinski definition) is 2. The molecule has 3 amide bonds. The second-order valence-electron chi connectivity index (χ2n) is 7.31. The van der Waals surface area contributed by atoms with Crippen LogP contribution in [0, 0.1) is 6.92 Å². The Balaban J connectivity index is 1.63. The standard InChI is InChI=1S/C22H18F3N5O3/c1-13-12-18(31)19(28-30(13)17-5-3-2-4-16(17)22(23,24)25)20(32)27-14-6-8-15(9-7-14)29-11-10-26-21(29)33/h2-9,12H,10-11H2,1H3,(H,26,33)(H,27,32). The SMILES string of the molecule is Cc1cc(=O)c(C(=O)Nc2ccc(N3CCNC3=O)cc2)nn1-c1ccccc1C(F)(F)F. The molecular weight excluding hydrogens is 439 g/mol. The molecule has 1 saturated heterocycles. The second-order valence-corrected chi connectivity index (χ2v) is 7.31. The van der Waals surface area contributed by atoms with Gasteiger partial charge in [-0.2, -0.15) is 18.3 Å². The molecule has 2 N–H and O–H groups in total. The molecule has 4 rings (SSSR count). The van der Waals surface area contributed by atoms with Crippen molar-refractivity contribution in [1.29, 1.82) is 0 Å². The molecule has 3 aromatic rings. The van der Waals surface area contributed by atoms with Crippen LogP contribution in [0.15, 0.2) is 59.4 Å². The molecule has 0 spiro atoms. The highest BCUT2D eigenvalue weighted by Gasteiger charge is 2.34. The highest BCUT2D eigenvalue weighted by molar-refractivity contribution is 6.03. The molecule has 0 bridgehead atoms. The predicted molar refractivity (Wildman–Crippen MR) is 115 cm³/mol. The van der Waals surface area contributed by atoms with E-state index in [1.54, 1.807) is 24.3 Å². The third-order valence-electron chi connectivity index (χ3n) is 5.05. The molecule has 1 aromatic heterocycles. The molecule has 2 aromatic carbocycles. The largest absolute Gasteiger partial charge is 0.418 e. The van der Waals surface area contributed by atoms with Crippen LogP contribution in [-0.2, 0) is 6.18 Å². The summed E-state index contributed by atoms with van der Waals surface area (Å²) in [5.74, 6) is -0.870. The number of carbonyl (C=O) groups excluding carboxylic acids is 2. The van der Waals surface area contributed by atoms with E-state index in [9.17, 15) is 27.6 Å². The van der Waals surface area contributed by atoms with Gasteiger partial charge in [0.2, 0.25) is 5.43 Å². The third kappa shape index (κ3) is 4.43. The number of hydrogen-bond acceptors (Lipinski definition) is 4. The quantitative estimate of drug-likeness (QED) is 0.628. The van der Waals surface area contributed by atoms with E-state index in [0.717, 1.165) is 16.8 Å². The van der Waals surface area contributed by atoms with Crippen molar-refractivity contribution in [2.24, 2.45) is 0 Å². The number of alkyl halides is 3. The molecule has 8 nitrogen and oxygen atoms in total. The molecule has 2 heterocycles. The summed E-state index contributed by atoms with van der Waals surface area (Å²) in [4.78, 5) is 38.4. The Labute approximate surface area is 185 Å². The minimum absolute atomic E-state index is 0.140. The molecule has 1 fully saturated rings. The van der Waals surface area contributed by atoms with Gasteiger partial charge in [-0.25, -0.2) is 9.48 Å². The molecule has 33 heavy (non-hydrogen) atoms. The maximum absolute atomic E-state index is 13.4. The summed E-state index contributed by atoms with van der Waals surface area (Å²) in [7, 11) is 0. The molecule has 11 heteroatoms. The van der Waals surface area contributed by atoms with Crippen molar-refractivity contribution in [2.75, 3.05) is 23.3 Å². The summed E-state index contributed by atoms with van der Waals surface area (Å²) in [6, 6.07) is 11.9. The minimum atomic E-state index is -4.65. The van der Waals surface area contributed by atoms with Crippen molar-refractivity contribution in [3.05, 3.63) is 81.8 Å². The van der Waals surface area contributed by atoms with Crippen LogP contribution >= 0.6 is 0 Å². The van der Waals surface area contributed by atoms with Crippen LogP contribution in [0.1, 0.15) is 21.7 Å². The van der Waals surface area contributed by atoms with Crippen LogP contribution in [-0.4, -0.2) is 34.8 Å². The van der Waals surface area contributed by atoms with Gasteiger partial charge in [-0.1, -0.05) is 12.1 Å². The number of nitrogens with zero attached hydrogens (tertiary/aromatic N) is 3. The first-order valence-corrected chi connectivity index (χ1v) is 9.89. The van der Waals surface area contributed by atoms with Gasteiger partial charge in [-0.05, 0) is 43.3 Å². The van der Waals surface area contributed by atoms with Crippen LogP contribution in [0.25, 0.3) is 5.69 Å². The van der Waals surface area contributed by atoms with Gasteiger partial charge < -0.3 is 10.6 Å². The van der Waals surface area contributed by atoms with Crippen molar-refractivity contribution in [2.45, 2.75) is 13.1 Å². The van der Waals surface area contributed by atoms with Gasteiger partial charge in [-0.3, -0.25) is 14.5 Å². The topological polar surface area (TPSA) is 96.3 Å². The number of urea groups is 1. The van der Waals surface area contributed by atoms with Gasteiger partial charge in [0.25, 0.3) is 5.91 Å². The van der Waals surface area contributed by atoms with Gasteiger partial charge >= 0.3 is 12.2 Å². The molecule has 170 valence electrons. The van der Waals surface area contributed by atoms with Crippen molar-refractivity contribution in [3.8, 4) is 5.69 Å². The fraction of sp³-hybridized carbons (Fsp3) is 0.182. The van der Waals surface area contributed by atoms with E-state index in [1.807, 2.05) is 0 Å². The lowest BCUT2D eigenvalue weighted by atomic mass is 10.1. The number of nitrogens with one attached hydrogen (secondary N) is 2. The van der Waals surface area contributed by atoms with Gasteiger partial charge in [0, 0.05) is 36.2 Å². The molecule has 0 radical (unpaired) electrons. The van der Waals surface area contributed by atoms with E-state index in [1.165, 1.54) is 30.0 Å². The minimum Gasteiger partial charge on any atom is -0.336 e. The number of benzene rings is 2. The van der Waals surface area contributed by atoms with Crippen molar-refractivity contribution >= 4 is 23.3 Å². The Bertz CT molecular complexity index is 1290. The molecule has 0 atom stereocenters. The smallest absolute Gasteiger partial charge is 0.336 e. The Morgan fingerprint density at radius 3 is 2.42 bits per heavy atom. The van der Waals surface area contributed by atoms with E-state index in [-0.39, 0.29) is 17.4 Å². The van der Waals surface area contributed by atoms with E-state index < -0.39 is 28.8 Å². The Kier molecular flexibility index (Phi) is 5.62. The number of anilines is 2. The lowest BCUT2D eigenvalue weighted by Crippen LogP contribution is -2.28. The summed E-state index contributed by atoms with van der Waals surface area (Å²) >= 11 is 0. The Morgan fingerprint density at radius 1 is 1.09 bits per heavy atom. The zero-order valence-corrected chi connectivity index (χ0v) is 17.3. The summed E-state index contributed by atoms with van der Waals surface area (Å²) in [5, 5.41) is 9.13. The first-order chi connectivity index (χ1) is 15.6. The van der Waals surface area contributed by atoms with Crippen LogP contribution in [0.2, 0.25) is 0 Å². The monoisotopic (exact) mass is 457 g/mol. The summed E-state index contributed by atoms with van der Waals surface area (Å²) < 4.78 is 41.3. The lowest BCUT2D eigenvalue weighted by molar-refractivity contribution is -0.137. The molecule has 1 aliphatic rings. The maximum Gasteiger partial charge on any atom is 0.418 e. The number of carbonyl (C=O) groups is 2. The molecule has 0 unspecified atom stereocenters. The highest BCUT2D eigenvalue weighted by Crippen LogP contribution is 2.33. The zero-order chi connectivity index (χ0) is 23.8. The third-order valence-corrected chi connectivity index (χ3v) is 5.05. The molecule has 0 saturated carbocycles. The highest BCUT2D eigenvalue weighted by atomic mass is 19.4. The van der Waals surface area contributed by atoms with E-state index in [2.05, 4.69) is 15.7 Å². The van der Waals surface area contributed by atoms with E-state index in [0.29, 0.717) is 24.5 Å². The molecule has 1 aliphatic heterocycles. The van der Waals surface area contributed by atoms with Gasteiger partial charge in [0.1, 0.15) is 0 Å². The maximum atomic E-state index is 13.4. The van der Waals surface area contributed by atoms with Crippen LogP contribution in [0.5, 0.6) is 0 Å². The predicted octanol–water partition coefficient (Wildman–Crippen LogP) is 3.34. The van der Waals surface area contributed by atoms with Crippen molar-refractivity contribution < 1.29 is 22.8 Å². The first kappa shape index (κ1) is 22.1. The summed E-state index contributed by atoms with van der Waals surface area (Å²) in [6.07, 6.45) is -4.65. The van der Waals surface area contributed by atoms with Crippen molar-refractivity contribution in [3.63, 3.8) is 0 Å². The average Bonchev–Trinajstić information content (AvgIpc) is 3.19. The number of rotatable bonds is 4. The fourth-order valence-corrected chi connectivity index (χ4v) is 3.48. The second kappa shape index (κ2) is 8.41. The van der Waals surface area contributed by atoms with Gasteiger partial charge in [0.05, 0.1) is 11.3 Å². The van der Waals surface area contributed by atoms with Crippen LogP contribution < -0.4 is 21.0 Å². The summed E-state index contributed by atoms with van der Waals surface area (Å²) in [6.45, 7) is 2.47. The van der Waals surface area contributed by atoms with Gasteiger partial charge in [-0.15, -0.1) is 0 Å². The van der Waals surface area contributed by atoms with Gasteiger partial charge in [0.15, 0.2) is 5.69 Å². The molecular formula is C22H18F3N5O3. The Morgan fingerprint density at radius 2 is 1.79 bits per heavy atom. The average molecular weight is 457 g/mol. The normalized spacial score (nSPS) is 13.7. The number of amides is 3. The number of halogens is 3.